The third kappa shape index (κ3) is 3.61. The molecule has 86 valence electrons. The van der Waals surface area contributed by atoms with E-state index in [0.717, 1.165) is 4.24 Å². The molecule has 0 heterocycles. The van der Waals surface area contributed by atoms with Gasteiger partial charge in [-0.1, -0.05) is 18.2 Å². The fourth-order valence-electron chi connectivity index (χ4n) is 1.18. The molecule has 0 radical (unpaired) electrons. The van der Waals surface area contributed by atoms with E-state index in [1.807, 2.05) is 37.6 Å². The third-order valence-electron chi connectivity index (χ3n) is 1.91. The molecular formula is C12H14O2S2. The van der Waals surface area contributed by atoms with Crippen molar-refractivity contribution in [3.63, 3.8) is 0 Å². The van der Waals surface area contributed by atoms with E-state index in [4.69, 9.17) is 4.74 Å². The van der Waals surface area contributed by atoms with Crippen LogP contribution in [0.1, 0.15) is 17.3 Å². The van der Waals surface area contributed by atoms with Crippen LogP contribution in [-0.2, 0) is 4.74 Å². The van der Waals surface area contributed by atoms with Gasteiger partial charge in [-0.15, -0.1) is 23.5 Å². The molecule has 0 amide bonds. The molecule has 1 aromatic carbocycles. The highest BCUT2D eigenvalue weighted by Gasteiger charge is 2.09. The molecule has 0 aromatic heterocycles. The zero-order valence-corrected chi connectivity index (χ0v) is 11.2. The Kier molecular flexibility index (Phi) is 5.49. The van der Waals surface area contributed by atoms with E-state index >= 15 is 0 Å². The summed E-state index contributed by atoms with van der Waals surface area (Å²) in [6.07, 6.45) is 3.93. The van der Waals surface area contributed by atoms with Gasteiger partial charge >= 0.3 is 5.97 Å². The molecule has 0 atom stereocenters. The van der Waals surface area contributed by atoms with Gasteiger partial charge in [0.1, 0.15) is 5.76 Å². The molecule has 0 spiro atoms. The molecule has 1 rings (SSSR count). The normalized spacial score (nSPS) is 9.69. The first kappa shape index (κ1) is 13.2. The highest BCUT2D eigenvalue weighted by Crippen LogP contribution is 2.28. The lowest BCUT2D eigenvalue weighted by Crippen LogP contribution is -2.03. The summed E-state index contributed by atoms with van der Waals surface area (Å²) in [6.45, 7) is 1.81. The lowest BCUT2D eigenvalue weighted by Gasteiger charge is -2.08. The first-order valence-corrected chi connectivity index (χ1v) is 7.20. The van der Waals surface area contributed by atoms with Crippen LogP contribution in [0.5, 0.6) is 0 Å². The van der Waals surface area contributed by atoms with Gasteiger partial charge < -0.3 is 4.74 Å². The Bertz CT molecular complexity index is 379. The molecule has 0 unspecified atom stereocenters. The van der Waals surface area contributed by atoms with Crippen LogP contribution in [0.4, 0.5) is 0 Å². The summed E-state index contributed by atoms with van der Waals surface area (Å²) in [4.78, 5) is 11.7. The van der Waals surface area contributed by atoms with Crippen molar-refractivity contribution >= 4 is 29.5 Å². The molecule has 0 aliphatic heterocycles. The monoisotopic (exact) mass is 254 g/mol. The van der Waals surface area contributed by atoms with Crippen molar-refractivity contribution < 1.29 is 9.53 Å². The number of carbonyl (C=O) groups is 1. The van der Waals surface area contributed by atoms with Gasteiger partial charge in [0.2, 0.25) is 0 Å². The minimum absolute atomic E-state index is 0.307. The summed E-state index contributed by atoms with van der Waals surface area (Å²) in [6, 6.07) is 9.00. The topological polar surface area (TPSA) is 26.3 Å². The predicted molar refractivity (Wildman–Crippen MR) is 71.6 cm³/mol. The van der Waals surface area contributed by atoms with Crippen LogP contribution in [0.3, 0.4) is 0 Å². The van der Waals surface area contributed by atoms with Crippen molar-refractivity contribution in [1.82, 2.24) is 0 Å². The van der Waals surface area contributed by atoms with Gasteiger partial charge in [0.25, 0.3) is 0 Å². The second kappa shape index (κ2) is 6.66. The lowest BCUT2D eigenvalue weighted by molar-refractivity contribution is 0.0626. The summed E-state index contributed by atoms with van der Waals surface area (Å²) in [5.41, 5.74) is 0.573. The van der Waals surface area contributed by atoms with E-state index in [9.17, 15) is 4.79 Å². The molecule has 4 heteroatoms. The smallest absolute Gasteiger partial charge is 0.343 e. The fourth-order valence-corrected chi connectivity index (χ4v) is 2.51. The highest BCUT2D eigenvalue weighted by atomic mass is 32.2. The average molecular weight is 254 g/mol. The van der Waals surface area contributed by atoms with Crippen molar-refractivity contribution in [2.24, 2.45) is 0 Å². The Labute approximate surface area is 104 Å². The largest absolute Gasteiger partial charge is 0.426 e. The summed E-state index contributed by atoms with van der Waals surface area (Å²) in [7, 11) is 0. The van der Waals surface area contributed by atoms with Gasteiger partial charge in [0.15, 0.2) is 0 Å². The maximum atomic E-state index is 11.7. The van der Waals surface area contributed by atoms with Crippen molar-refractivity contribution in [3.05, 3.63) is 45.9 Å². The highest BCUT2D eigenvalue weighted by molar-refractivity contribution is 8.21. The SMILES string of the molecule is CSC(SC)=C(C)OC(=O)c1ccccc1. The maximum absolute atomic E-state index is 11.7. The Balaban J connectivity index is 2.76. The molecule has 0 aliphatic carbocycles. The van der Waals surface area contributed by atoms with Gasteiger partial charge in [-0.05, 0) is 31.6 Å². The molecule has 1 aromatic rings. The number of rotatable bonds is 4. The van der Waals surface area contributed by atoms with E-state index in [1.165, 1.54) is 0 Å². The summed E-state index contributed by atoms with van der Waals surface area (Å²) >= 11 is 3.16. The number of benzene rings is 1. The van der Waals surface area contributed by atoms with E-state index < -0.39 is 0 Å². The van der Waals surface area contributed by atoms with Crippen LogP contribution in [0.2, 0.25) is 0 Å². The number of ether oxygens (including phenoxy) is 1. The number of esters is 1. The summed E-state index contributed by atoms with van der Waals surface area (Å²) in [5.74, 6) is 0.354. The van der Waals surface area contributed by atoms with E-state index in [1.54, 1.807) is 35.7 Å². The number of thioether (sulfide) groups is 2. The first-order valence-electron chi connectivity index (χ1n) is 4.75. The Hall–Kier alpha value is -0.870. The molecule has 0 N–H and O–H groups in total. The number of hydrogen-bond donors (Lipinski definition) is 0. The van der Waals surface area contributed by atoms with Gasteiger partial charge in [-0.3, -0.25) is 0 Å². The molecule has 16 heavy (non-hydrogen) atoms. The van der Waals surface area contributed by atoms with Gasteiger partial charge in [-0.2, -0.15) is 0 Å². The second-order valence-corrected chi connectivity index (χ2v) is 4.90. The molecular weight excluding hydrogens is 240 g/mol. The van der Waals surface area contributed by atoms with Gasteiger partial charge in [0.05, 0.1) is 9.80 Å². The number of hydrogen-bond acceptors (Lipinski definition) is 4. The Morgan fingerprint density at radius 1 is 1.12 bits per heavy atom. The Morgan fingerprint density at radius 2 is 1.69 bits per heavy atom. The lowest BCUT2D eigenvalue weighted by atomic mass is 10.2. The minimum atomic E-state index is -0.307. The zero-order valence-electron chi connectivity index (χ0n) is 9.52. The van der Waals surface area contributed by atoms with E-state index in [2.05, 4.69) is 0 Å². The van der Waals surface area contributed by atoms with Crippen LogP contribution in [0, 0.1) is 0 Å². The molecule has 0 saturated carbocycles. The minimum Gasteiger partial charge on any atom is -0.426 e. The van der Waals surface area contributed by atoms with Gasteiger partial charge in [-0.25, -0.2) is 4.79 Å². The molecule has 0 fully saturated rings. The van der Waals surface area contributed by atoms with Crippen LogP contribution in [-0.4, -0.2) is 18.5 Å². The van der Waals surface area contributed by atoms with E-state index in [-0.39, 0.29) is 5.97 Å². The Morgan fingerprint density at radius 3 is 2.19 bits per heavy atom. The fraction of sp³-hybridized carbons (Fsp3) is 0.250. The van der Waals surface area contributed by atoms with Crippen molar-refractivity contribution in [1.29, 1.82) is 0 Å². The zero-order chi connectivity index (χ0) is 12.0. The van der Waals surface area contributed by atoms with Crippen LogP contribution in [0.15, 0.2) is 40.3 Å². The third-order valence-corrected chi connectivity index (χ3v) is 4.23. The van der Waals surface area contributed by atoms with Crippen molar-refractivity contribution in [2.45, 2.75) is 6.92 Å². The summed E-state index contributed by atoms with van der Waals surface area (Å²) < 4.78 is 6.30. The van der Waals surface area contributed by atoms with Gasteiger partial charge in [0, 0.05) is 0 Å². The maximum Gasteiger partial charge on any atom is 0.343 e. The molecule has 0 aliphatic rings. The van der Waals surface area contributed by atoms with Crippen LogP contribution < -0.4 is 0 Å². The van der Waals surface area contributed by atoms with Crippen LogP contribution in [0.25, 0.3) is 0 Å². The van der Waals surface area contributed by atoms with Crippen LogP contribution >= 0.6 is 23.5 Å². The average Bonchev–Trinajstić information content (AvgIpc) is 2.31. The van der Waals surface area contributed by atoms with Crippen molar-refractivity contribution in [2.75, 3.05) is 12.5 Å². The molecule has 2 nitrogen and oxygen atoms in total. The quantitative estimate of drug-likeness (QED) is 0.603. The standard InChI is InChI=1S/C12H14O2S2/c1-9(12(15-2)16-3)14-11(13)10-7-5-4-6-8-10/h4-8H,1-3H3. The molecule has 0 saturated heterocycles. The molecule has 0 bridgehead atoms. The van der Waals surface area contributed by atoms with E-state index in [0.29, 0.717) is 11.3 Å². The second-order valence-electron chi connectivity index (χ2n) is 3.01. The number of allylic oxidation sites excluding steroid dienone is 1. The first-order chi connectivity index (χ1) is 7.69. The predicted octanol–water partition coefficient (Wildman–Crippen LogP) is 3.76. The summed E-state index contributed by atoms with van der Waals surface area (Å²) in [5, 5.41) is 0. The van der Waals surface area contributed by atoms with Crippen molar-refractivity contribution in [3.8, 4) is 0 Å². The number of carbonyl (C=O) groups excluding carboxylic acids is 1.